The van der Waals surface area contributed by atoms with Crippen LogP contribution in [0.4, 0.5) is 0 Å². The average molecular weight is 669 g/mol. The predicted molar refractivity (Wildman–Crippen MR) is 212 cm³/mol. The van der Waals surface area contributed by atoms with Crippen LogP contribution in [-0.4, -0.2) is 11.5 Å². The number of rotatable bonds is 5. The van der Waals surface area contributed by atoms with Gasteiger partial charge < -0.3 is 4.74 Å². The van der Waals surface area contributed by atoms with Gasteiger partial charge in [0.25, 0.3) is 0 Å². The van der Waals surface area contributed by atoms with Gasteiger partial charge in [-0.05, 0) is 69.1 Å². The highest BCUT2D eigenvalue weighted by Crippen LogP contribution is 2.62. The summed E-state index contributed by atoms with van der Waals surface area (Å²) in [6, 6.07) is 63.0. The molecule has 10 rings (SSSR count). The molecule has 1 spiro atoms. The zero-order valence-electron chi connectivity index (χ0n) is 28.9. The fourth-order valence-corrected chi connectivity index (χ4v) is 8.84. The van der Waals surface area contributed by atoms with E-state index >= 15 is 0 Å². The number of benzene rings is 7. The van der Waals surface area contributed by atoms with Gasteiger partial charge in [0.1, 0.15) is 11.5 Å². The van der Waals surface area contributed by atoms with Crippen LogP contribution in [0.5, 0.6) is 11.5 Å². The number of amidine groups is 1. The van der Waals surface area contributed by atoms with Crippen LogP contribution in [0.2, 0.25) is 0 Å². The molecule has 0 bridgehead atoms. The normalized spacial score (nSPS) is 17.6. The van der Waals surface area contributed by atoms with Crippen LogP contribution in [0.25, 0.3) is 22.3 Å². The second-order valence-electron chi connectivity index (χ2n) is 13.9. The third-order valence-corrected chi connectivity index (χ3v) is 11.2. The number of nitrogens with zero attached hydrogens (tertiary/aromatic N) is 2. The summed E-state index contributed by atoms with van der Waals surface area (Å²) in [5.74, 6) is 2.75. The molecule has 3 heteroatoms. The summed E-state index contributed by atoms with van der Waals surface area (Å²) in [6.07, 6.45) is 0.934. The van der Waals surface area contributed by atoms with Gasteiger partial charge in [-0.2, -0.15) is 0 Å². The minimum Gasteiger partial charge on any atom is -0.457 e. The van der Waals surface area contributed by atoms with Crippen LogP contribution >= 0.6 is 0 Å². The van der Waals surface area contributed by atoms with Gasteiger partial charge in [0.15, 0.2) is 5.84 Å². The second-order valence-corrected chi connectivity index (χ2v) is 13.9. The van der Waals surface area contributed by atoms with Crippen molar-refractivity contribution >= 4 is 11.5 Å². The van der Waals surface area contributed by atoms with Crippen molar-refractivity contribution in [2.24, 2.45) is 15.9 Å². The van der Waals surface area contributed by atoms with E-state index < -0.39 is 5.41 Å². The molecule has 2 atom stereocenters. The van der Waals surface area contributed by atoms with Crippen molar-refractivity contribution in [1.29, 1.82) is 0 Å². The summed E-state index contributed by atoms with van der Waals surface area (Å²) < 4.78 is 6.67. The summed E-state index contributed by atoms with van der Waals surface area (Å²) in [5, 5.41) is 0. The van der Waals surface area contributed by atoms with E-state index in [2.05, 4.69) is 177 Å². The third-order valence-electron chi connectivity index (χ3n) is 11.2. The van der Waals surface area contributed by atoms with Gasteiger partial charge in [-0.3, -0.25) is 4.99 Å². The second kappa shape index (κ2) is 12.2. The SMILES string of the molecule is CCC1C(c2ccccc2)=NC(c2ccccc2)=NC1c1ccc(-c2ccc3c(c2)C2(c4ccccc4O3)c3ccccc3-c3ccccc32)cc1. The van der Waals surface area contributed by atoms with Crippen LogP contribution in [-0.2, 0) is 5.41 Å². The van der Waals surface area contributed by atoms with Crippen molar-refractivity contribution in [2.75, 3.05) is 0 Å². The summed E-state index contributed by atoms with van der Waals surface area (Å²) in [4.78, 5) is 10.5. The van der Waals surface area contributed by atoms with Gasteiger partial charge in [-0.1, -0.05) is 165 Å². The first-order chi connectivity index (χ1) is 25.7. The lowest BCUT2D eigenvalue weighted by molar-refractivity contribution is 0.436. The number of aliphatic imine (C=N–C) groups is 2. The Morgan fingerprint density at radius 2 is 1.06 bits per heavy atom. The standard InChI is InChI=1S/C49H36N2O/c1-2-37-46(33-15-5-3-6-16-33)50-48(35-17-7-4-8-18-35)51-47(37)34-27-25-32(26-28-34)36-29-30-45-43(31-36)49(42-23-13-14-24-44(42)52-45)40-21-11-9-19-38(40)39-20-10-12-22-41(39)49/h3-31,37,47H,2H2,1H3. The molecular weight excluding hydrogens is 633 g/mol. The summed E-state index contributed by atoms with van der Waals surface area (Å²) >= 11 is 0. The van der Waals surface area contributed by atoms with E-state index in [1.165, 1.54) is 38.9 Å². The van der Waals surface area contributed by atoms with Gasteiger partial charge in [0.05, 0.1) is 17.2 Å². The maximum atomic E-state index is 6.67. The smallest absolute Gasteiger partial charge is 0.155 e. The minimum absolute atomic E-state index is 0.0508. The van der Waals surface area contributed by atoms with E-state index in [1.807, 2.05) is 6.07 Å². The first-order valence-electron chi connectivity index (χ1n) is 18.2. The van der Waals surface area contributed by atoms with Gasteiger partial charge in [-0.15, -0.1) is 0 Å². The molecule has 0 saturated carbocycles. The highest BCUT2D eigenvalue weighted by atomic mass is 16.5. The van der Waals surface area contributed by atoms with E-state index in [-0.39, 0.29) is 12.0 Å². The van der Waals surface area contributed by atoms with Gasteiger partial charge in [0.2, 0.25) is 0 Å². The van der Waals surface area contributed by atoms with E-state index in [0.717, 1.165) is 51.7 Å². The molecule has 3 nitrogen and oxygen atoms in total. The molecular formula is C49H36N2O. The lowest BCUT2D eigenvalue weighted by Crippen LogP contribution is -2.32. The molecule has 2 aliphatic heterocycles. The molecule has 7 aromatic rings. The summed E-state index contributed by atoms with van der Waals surface area (Å²) in [6.45, 7) is 2.25. The molecule has 0 radical (unpaired) electrons. The maximum absolute atomic E-state index is 6.67. The molecule has 0 N–H and O–H groups in total. The summed E-state index contributed by atoms with van der Waals surface area (Å²) in [5.41, 5.74) is 13.8. The van der Waals surface area contributed by atoms with Crippen LogP contribution in [0, 0.1) is 5.92 Å². The Hall–Kier alpha value is -6.32. The lowest BCUT2D eigenvalue weighted by Gasteiger charge is -2.39. The lowest BCUT2D eigenvalue weighted by atomic mass is 9.66. The molecule has 52 heavy (non-hydrogen) atoms. The summed E-state index contributed by atoms with van der Waals surface area (Å²) in [7, 11) is 0. The highest BCUT2D eigenvalue weighted by molar-refractivity contribution is 6.15. The Labute approximate surface area is 304 Å². The van der Waals surface area contributed by atoms with Gasteiger partial charge >= 0.3 is 0 Å². The molecule has 0 amide bonds. The number of fused-ring (bicyclic) bond motifs is 9. The predicted octanol–water partition coefficient (Wildman–Crippen LogP) is 11.8. The van der Waals surface area contributed by atoms with Crippen LogP contribution in [0.3, 0.4) is 0 Å². The van der Waals surface area contributed by atoms with Crippen LogP contribution < -0.4 is 4.74 Å². The Balaban J connectivity index is 1.09. The molecule has 3 aliphatic rings. The van der Waals surface area contributed by atoms with Crippen LogP contribution in [0.1, 0.15) is 58.3 Å². The van der Waals surface area contributed by atoms with Gasteiger partial charge in [-0.25, -0.2) is 4.99 Å². The minimum atomic E-state index is -0.487. The Morgan fingerprint density at radius 1 is 0.500 bits per heavy atom. The first kappa shape index (κ1) is 30.5. The average Bonchev–Trinajstić information content (AvgIpc) is 3.52. The zero-order valence-corrected chi connectivity index (χ0v) is 28.9. The van der Waals surface area contributed by atoms with Crippen molar-refractivity contribution in [2.45, 2.75) is 24.8 Å². The molecule has 0 fully saturated rings. The van der Waals surface area contributed by atoms with E-state index in [9.17, 15) is 0 Å². The molecule has 0 saturated heterocycles. The van der Waals surface area contributed by atoms with Gasteiger partial charge in [0, 0.05) is 22.6 Å². The number of hydrogen-bond acceptors (Lipinski definition) is 3. The van der Waals surface area contributed by atoms with Crippen LogP contribution in [0.15, 0.2) is 186 Å². The molecule has 1 aliphatic carbocycles. The van der Waals surface area contributed by atoms with E-state index in [0.29, 0.717) is 0 Å². The Morgan fingerprint density at radius 3 is 1.73 bits per heavy atom. The molecule has 2 heterocycles. The third kappa shape index (κ3) is 4.59. The van der Waals surface area contributed by atoms with E-state index in [4.69, 9.17) is 14.7 Å². The van der Waals surface area contributed by atoms with E-state index in [1.54, 1.807) is 0 Å². The molecule has 2 unspecified atom stereocenters. The van der Waals surface area contributed by atoms with Crippen molar-refractivity contribution in [1.82, 2.24) is 0 Å². The quantitative estimate of drug-likeness (QED) is 0.180. The highest BCUT2D eigenvalue weighted by Gasteiger charge is 2.51. The van der Waals surface area contributed by atoms with Crippen molar-refractivity contribution in [3.8, 4) is 33.8 Å². The number of para-hydroxylation sites is 1. The Bertz CT molecular complexity index is 2490. The number of hydrogen-bond donors (Lipinski definition) is 0. The molecule has 0 aromatic heterocycles. The molecule has 248 valence electrons. The fourth-order valence-electron chi connectivity index (χ4n) is 8.84. The maximum Gasteiger partial charge on any atom is 0.155 e. The van der Waals surface area contributed by atoms with Crippen molar-refractivity contribution in [3.63, 3.8) is 0 Å². The monoisotopic (exact) mass is 668 g/mol. The first-order valence-corrected chi connectivity index (χ1v) is 18.2. The molecule has 7 aromatic carbocycles. The fraction of sp³-hybridized carbons (Fsp3) is 0.102. The zero-order chi connectivity index (χ0) is 34.6. The van der Waals surface area contributed by atoms with Crippen molar-refractivity contribution < 1.29 is 4.74 Å². The topological polar surface area (TPSA) is 34.0 Å². The number of ether oxygens (including phenoxy) is 1. The van der Waals surface area contributed by atoms with Crippen molar-refractivity contribution in [3.05, 3.63) is 215 Å². The largest absolute Gasteiger partial charge is 0.457 e. The Kier molecular flexibility index (Phi) is 7.14.